The Morgan fingerprint density at radius 3 is 2.67 bits per heavy atom. The van der Waals surface area contributed by atoms with Crippen molar-refractivity contribution < 1.29 is 61.5 Å². The summed E-state index contributed by atoms with van der Waals surface area (Å²) in [6, 6.07) is 1.30. The number of nitrogens with two attached hydrogens (primary N) is 2. The summed E-state index contributed by atoms with van der Waals surface area (Å²) < 4.78 is 60.0. The van der Waals surface area contributed by atoms with Gasteiger partial charge in [0, 0.05) is 25.5 Å². The lowest BCUT2D eigenvalue weighted by molar-refractivity contribution is -0.158. The van der Waals surface area contributed by atoms with Gasteiger partial charge in [0.25, 0.3) is 0 Å². The second kappa shape index (κ2) is 13.2. The first-order chi connectivity index (χ1) is 23.1. The third-order valence-corrected chi connectivity index (χ3v) is 9.61. The summed E-state index contributed by atoms with van der Waals surface area (Å²) >= 11 is 0. The Balaban J connectivity index is 1.22. The molecule has 9 atom stereocenters. The fraction of sp³-hybridized carbons (Fsp3) is 0.520. The van der Waals surface area contributed by atoms with Crippen molar-refractivity contribution in [1.29, 1.82) is 0 Å². The molecule has 1 aliphatic carbocycles. The molecule has 3 aromatic heterocycles. The molecule has 8 N–H and O–H groups in total. The third-order valence-electron chi connectivity index (χ3n) is 8.06. The maximum absolute atomic E-state index is 13.4. The van der Waals surface area contributed by atoms with Crippen LogP contribution in [0.25, 0.3) is 11.2 Å². The highest BCUT2D eigenvalue weighted by Gasteiger charge is 2.73. The lowest BCUT2D eigenvalue weighted by Crippen LogP contribution is -2.39. The molecule has 3 aromatic rings. The van der Waals surface area contributed by atoms with Gasteiger partial charge in [-0.05, 0) is 12.5 Å². The van der Waals surface area contributed by atoms with Crippen LogP contribution in [-0.4, -0.2) is 97.6 Å². The zero-order chi connectivity index (χ0) is 35.3. The van der Waals surface area contributed by atoms with E-state index in [1.54, 1.807) is 0 Å². The zero-order valence-electron chi connectivity index (χ0n) is 25.3. The van der Waals surface area contributed by atoms with E-state index in [1.807, 2.05) is 0 Å². The number of aliphatic hydroxyl groups excluding tert-OH is 1. The number of imidazole rings is 1. The molecule has 2 saturated heterocycles. The average Bonchev–Trinajstić information content (AvgIpc) is 3.28. The molecule has 5 heterocycles. The van der Waals surface area contributed by atoms with Crippen LogP contribution >= 0.6 is 15.6 Å². The molecule has 3 aliphatic rings. The molecular formula is C25H32N8O14P2. The number of phosphoric ester groups is 2. The van der Waals surface area contributed by atoms with E-state index in [-0.39, 0.29) is 48.5 Å². The van der Waals surface area contributed by atoms with Crippen molar-refractivity contribution in [1.82, 2.24) is 29.1 Å². The molecule has 6 rings (SSSR count). The number of carbonyl (C=O) groups is 1. The van der Waals surface area contributed by atoms with Gasteiger partial charge in [-0.25, -0.2) is 28.9 Å². The van der Waals surface area contributed by atoms with E-state index in [0.717, 1.165) is 4.57 Å². The van der Waals surface area contributed by atoms with E-state index in [2.05, 4.69) is 31.0 Å². The first-order valence-corrected chi connectivity index (χ1v) is 17.6. The molecule has 3 unspecified atom stereocenters. The molecule has 3 fully saturated rings. The Bertz CT molecular complexity index is 1900. The van der Waals surface area contributed by atoms with Gasteiger partial charge in [-0.3, -0.25) is 27.5 Å². The third kappa shape index (κ3) is 7.30. The molecule has 0 radical (unpaired) electrons. The quantitative estimate of drug-likeness (QED) is 0.0728. The van der Waals surface area contributed by atoms with Gasteiger partial charge in [0.05, 0.1) is 12.9 Å². The van der Waals surface area contributed by atoms with E-state index in [1.165, 1.54) is 35.6 Å². The number of nitrogens with zero attached hydrogens (tertiary/aromatic N) is 6. The number of allylic oxidation sites excluding steroid dienone is 1. The fourth-order valence-electron chi connectivity index (χ4n) is 5.75. The molecule has 0 amide bonds. The minimum atomic E-state index is -5.10. The van der Waals surface area contributed by atoms with Crippen molar-refractivity contribution in [3.05, 3.63) is 48.1 Å². The standard InChI is InChI=1S/C25H32N8O14P2/c1-2-3-4-17(34)44-20-19(35)23(33-11-30-18-21(27)28-10-29-22(18)33)45-25(20)8-14(25)47-49(40,41)46-12-7-16(32-6-5-15(26)31-24(32)36)43-13(12)9-42-48(37,38)39/h2,5-6,10-14,16,19-20,23,35H,1,3-4,7-9H2,(H,40,41)(H2,26,31,36)(H2,27,28,29)(H2,37,38,39)/t12-,13+,14?,16+,19+,20-,23+,25?/m0/s1. The van der Waals surface area contributed by atoms with Crippen molar-refractivity contribution in [2.24, 2.45) is 0 Å². The molecule has 266 valence electrons. The smallest absolute Gasteiger partial charge is 0.456 e. The Kier molecular flexibility index (Phi) is 9.50. The first-order valence-electron chi connectivity index (χ1n) is 14.6. The lowest BCUT2D eigenvalue weighted by Gasteiger charge is -2.23. The Morgan fingerprint density at radius 1 is 1.18 bits per heavy atom. The molecule has 22 nitrogen and oxygen atoms in total. The summed E-state index contributed by atoms with van der Waals surface area (Å²) in [7, 11) is -10.1. The van der Waals surface area contributed by atoms with Crippen molar-refractivity contribution in [2.45, 2.75) is 74.3 Å². The van der Waals surface area contributed by atoms with Crippen LogP contribution in [0.4, 0.5) is 11.6 Å². The molecule has 49 heavy (non-hydrogen) atoms. The average molecular weight is 731 g/mol. The Hall–Kier alpha value is -3.66. The second-order valence-electron chi connectivity index (χ2n) is 11.4. The number of aliphatic hydroxyl groups is 1. The van der Waals surface area contributed by atoms with Gasteiger partial charge in [0.15, 0.2) is 23.8 Å². The monoisotopic (exact) mass is 730 g/mol. The van der Waals surface area contributed by atoms with Crippen LogP contribution < -0.4 is 17.2 Å². The van der Waals surface area contributed by atoms with Gasteiger partial charge in [0.2, 0.25) is 0 Å². The van der Waals surface area contributed by atoms with E-state index in [4.69, 9.17) is 34.7 Å². The number of ether oxygens (including phenoxy) is 3. The predicted molar refractivity (Wildman–Crippen MR) is 162 cm³/mol. The lowest BCUT2D eigenvalue weighted by atomic mass is 10.1. The maximum Gasteiger partial charge on any atom is 0.472 e. The van der Waals surface area contributed by atoms with Gasteiger partial charge in [-0.15, -0.1) is 6.58 Å². The summed E-state index contributed by atoms with van der Waals surface area (Å²) in [5.41, 5.74) is 9.37. The summed E-state index contributed by atoms with van der Waals surface area (Å²) in [6.07, 6.45) is -4.46. The maximum atomic E-state index is 13.4. The van der Waals surface area contributed by atoms with Gasteiger partial charge in [0.1, 0.15) is 53.9 Å². The number of nitrogen functional groups attached to an aromatic ring is 2. The van der Waals surface area contributed by atoms with E-state index in [0.29, 0.717) is 0 Å². The van der Waals surface area contributed by atoms with Crippen LogP contribution in [0.2, 0.25) is 0 Å². The first kappa shape index (κ1) is 35.2. The van der Waals surface area contributed by atoms with E-state index in [9.17, 15) is 38.5 Å². The number of phosphoric acid groups is 2. The van der Waals surface area contributed by atoms with E-state index < -0.39 is 82.5 Å². The number of esters is 1. The number of hydrogen-bond donors (Lipinski definition) is 6. The highest BCUT2D eigenvalue weighted by molar-refractivity contribution is 7.47. The van der Waals surface area contributed by atoms with Gasteiger partial charge >= 0.3 is 27.3 Å². The molecular weight excluding hydrogens is 698 g/mol. The summed E-state index contributed by atoms with van der Waals surface area (Å²) in [5.74, 6) is -0.729. The number of aromatic nitrogens is 6. The SMILES string of the molecule is C=CCCC(=O)O[C@H]1[C@@H](O)[C@H](n2cnc3c(N)ncnc32)OC12CC2OP(=O)(O)O[C@H]1C[C@H](n2ccc(N)nc2=O)O[C@@H]1COP(=O)(O)O. The molecule has 0 bridgehead atoms. The normalized spacial score (nSPS) is 30.8. The van der Waals surface area contributed by atoms with Crippen molar-refractivity contribution in [2.75, 3.05) is 18.1 Å². The summed E-state index contributed by atoms with van der Waals surface area (Å²) in [4.78, 5) is 70.2. The molecule has 1 saturated carbocycles. The fourth-order valence-corrected chi connectivity index (χ4v) is 7.28. The predicted octanol–water partition coefficient (Wildman–Crippen LogP) is -0.575. The number of hydrogen-bond acceptors (Lipinski definition) is 17. The zero-order valence-corrected chi connectivity index (χ0v) is 27.1. The number of rotatable bonds is 13. The summed E-state index contributed by atoms with van der Waals surface area (Å²) in [6.45, 7) is 2.76. The van der Waals surface area contributed by atoms with Crippen LogP contribution in [0.5, 0.6) is 0 Å². The van der Waals surface area contributed by atoms with Crippen LogP contribution in [0.1, 0.15) is 38.1 Å². The minimum absolute atomic E-state index is 0.0597. The second-order valence-corrected chi connectivity index (χ2v) is 14.0. The van der Waals surface area contributed by atoms with Crippen molar-refractivity contribution in [3.63, 3.8) is 0 Å². The molecule has 0 aromatic carbocycles. The largest absolute Gasteiger partial charge is 0.472 e. The van der Waals surface area contributed by atoms with Crippen molar-refractivity contribution >= 4 is 44.4 Å². The number of carbonyl (C=O) groups excluding carboxylic acids is 1. The summed E-state index contributed by atoms with van der Waals surface area (Å²) in [5, 5.41) is 11.4. The number of fused-ring (bicyclic) bond motifs is 1. The topological polar surface area (TPSA) is 318 Å². The minimum Gasteiger partial charge on any atom is -0.456 e. The molecule has 1 spiro atoms. The van der Waals surface area contributed by atoms with Gasteiger partial charge < -0.3 is 45.5 Å². The molecule has 24 heteroatoms. The van der Waals surface area contributed by atoms with Crippen LogP contribution in [0.3, 0.4) is 0 Å². The van der Waals surface area contributed by atoms with Crippen LogP contribution in [0.15, 0.2) is 42.4 Å². The van der Waals surface area contributed by atoms with Gasteiger partial charge in [-0.2, -0.15) is 4.98 Å². The highest BCUT2D eigenvalue weighted by atomic mass is 31.2. The Morgan fingerprint density at radius 2 is 1.96 bits per heavy atom. The van der Waals surface area contributed by atoms with Crippen LogP contribution in [-0.2, 0) is 41.7 Å². The van der Waals surface area contributed by atoms with E-state index >= 15 is 0 Å². The van der Waals surface area contributed by atoms with Gasteiger partial charge in [-0.1, -0.05) is 6.08 Å². The number of anilines is 2. The Labute approximate surface area is 275 Å². The highest BCUT2D eigenvalue weighted by Crippen LogP contribution is 2.62. The molecule has 2 aliphatic heterocycles. The van der Waals surface area contributed by atoms with Crippen molar-refractivity contribution in [3.8, 4) is 0 Å². The van der Waals surface area contributed by atoms with Crippen LogP contribution in [0, 0.1) is 0 Å².